The van der Waals surface area contributed by atoms with E-state index in [2.05, 4.69) is 5.32 Å². The Morgan fingerprint density at radius 1 is 1.38 bits per heavy atom. The van der Waals surface area contributed by atoms with E-state index in [9.17, 15) is 0 Å². The Balaban J connectivity index is 2.96. The van der Waals surface area contributed by atoms with E-state index in [1.54, 1.807) is 39.5 Å². The summed E-state index contributed by atoms with van der Waals surface area (Å²) in [5.74, 6) is 1.43. The number of hydrogen-bond donors (Lipinski definition) is 1. The van der Waals surface area contributed by atoms with Gasteiger partial charge in [0.25, 0.3) is 0 Å². The highest BCUT2D eigenvalue weighted by molar-refractivity contribution is 5.61. The first-order valence-electron chi connectivity index (χ1n) is 4.76. The van der Waals surface area contributed by atoms with Crippen LogP contribution in [0.3, 0.4) is 0 Å². The van der Waals surface area contributed by atoms with Crippen molar-refractivity contribution in [3.63, 3.8) is 0 Å². The zero-order valence-corrected chi connectivity index (χ0v) is 9.57. The van der Waals surface area contributed by atoms with E-state index in [1.165, 1.54) is 0 Å². The van der Waals surface area contributed by atoms with Crippen molar-refractivity contribution < 1.29 is 9.47 Å². The quantitative estimate of drug-likeness (QED) is 0.789. The molecule has 0 atom stereocenters. The van der Waals surface area contributed by atoms with Gasteiger partial charge in [-0.15, -0.1) is 0 Å². The van der Waals surface area contributed by atoms with Gasteiger partial charge in [0.15, 0.2) is 0 Å². The second-order valence-electron chi connectivity index (χ2n) is 3.15. The van der Waals surface area contributed by atoms with Crippen LogP contribution in [0.5, 0.6) is 11.5 Å². The Hall–Kier alpha value is -2.15. The number of methoxy groups -OCH3 is 2. The molecule has 0 unspecified atom stereocenters. The van der Waals surface area contributed by atoms with E-state index in [1.807, 2.05) is 12.1 Å². The number of nitrogens with zero attached hydrogens (tertiary/aromatic N) is 1. The fourth-order valence-corrected chi connectivity index (χ4v) is 1.15. The number of hydrogen-bond acceptors (Lipinski definition) is 4. The molecule has 0 radical (unpaired) electrons. The van der Waals surface area contributed by atoms with Crippen LogP contribution in [-0.2, 0) is 0 Å². The average Bonchev–Trinajstić information content (AvgIpc) is 2.35. The molecule has 0 saturated carbocycles. The van der Waals surface area contributed by atoms with Gasteiger partial charge in [-0.3, -0.25) is 0 Å². The molecule has 0 fully saturated rings. The standard InChI is InChI=1S/C12H14N2O2/c1-9(7-13)8-14-11-6-10(15-2)4-5-12(11)16-3/h4-6,8,14H,1-3H3/b9-8+. The van der Waals surface area contributed by atoms with Crippen LogP contribution in [-0.4, -0.2) is 14.2 Å². The van der Waals surface area contributed by atoms with Crippen molar-refractivity contribution in [2.24, 2.45) is 0 Å². The molecule has 0 aliphatic carbocycles. The molecule has 1 aromatic carbocycles. The summed E-state index contributed by atoms with van der Waals surface area (Å²) in [4.78, 5) is 0. The van der Waals surface area contributed by atoms with E-state index < -0.39 is 0 Å². The minimum Gasteiger partial charge on any atom is -0.497 e. The second kappa shape index (κ2) is 5.66. The van der Waals surface area contributed by atoms with E-state index in [0.29, 0.717) is 11.3 Å². The minimum absolute atomic E-state index is 0.588. The maximum atomic E-state index is 8.63. The molecule has 1 aromatic rings. The second-order valence-corrected chi connectivity index (χ2v) is 3.15. The molecule has 0 heterocycles. The third-order valence-electron chi connectivity index (χ3n) is 2.03. The SMILES string of the molecule is COc1ccc(OC)c(N/C=C(\C)C#N)c1. The molecule has 0 spiro atoms. The molecule has 0 saturated heterocycles. The number of nitriles is 1. The average molecular weight is 218 g/mol. The topological polar surface area (TPSA) is 54.3 Å². The molecular formula is C12H14N2O2. The maximum absolute atomic E-state index is 8.63. The van der Waals surface area contributed by atoms with Crippen molar-refractivity contribution in [2.75, 3.05) is 19.5 Å². The number of anilines is 1. The maximum Gasteiger partial charge on any atom is 0.142 e. The van der Waals surface area contributed by atoms with Gasteiger partial charge in [-0.2, -0.15) is 5.26 Å². The van der Waals surface area contributed by atoms with Crippen LogP contribution < -0.4 is 14.8 Å². The number of ether oxygens (including phenoxy) is 2. The molecule has 0 aromatic heterocycles. The summed E-state index contributed by atoms with van der Waals surface area (Å²) < 4.78 is 10.3. The van der Waals surface area contributed by atoms with Crippen LogP contribution in [0.2, 0.25) is 0 Å². The van der Waals surface area contributed by atoms with Gasteiger partial charge in [-0.05, 0) is 19.1 Å². The van der Waals surface area contributed by atoms with Gasteiger partial charge in [0.05, 0.1) is 26.0 Å². The van der Waals surface area contributed by atoms with E-state index in [-0.39, 0.29) is 0 Å². The molecule has 84 valence electrons. The predicted octanol–water partition coefficient (Wildman–Crippen LogP) is 2.54. The van der Waals surface area contributed by atoms with Gasteiger partial charge in [-0.25, -0.2) is 0 Å². The van der Waals surface area contributed by atoms with Gasteiger partial charge >= 0.3 is 0 Å². The Morgan fingerprint density at radius 3 is 2.69 bits per heavy atom. The highest BCUT2D eigenvalue weighted by Crippen LogP contribution is 2.28. The summed E-state index contributed by atoms with van der Waals surface area (Å²) in [5, 5.41) is 11.6. The van der Waals surface area contributed by atoms with Gasteiger partial charge in [-0.1, -0.05) is 0 Å². The summed E-state index contributed by atoms with van der Waals surface area (Å²) in [6.07, 6.45) is 1.62. The van der Waals surface area contributed by atoms with Crippen molar-refractivity contribution in [1.82, 2.24) is 0 Å². The smallest absolute Gasteiger partial charge is 0.142 e. The number of rotatable bonds is 4. The van der Waals surface area contributed by atoms with E-state index >= 15 is 0 Å². The molecule has 0 aliphatic rings. The van der Waals surface area contributed by atoms with E-state index in [0.717, 1.165) is 11.4 Å². The molecular weight excluding hydrogens is 204 g/mol. The zero-order valence-electron chi connectivity index (χ0n) is 9.57. The lowest BCUT2D eigenvalue weighted by molar-refractivity contribution is 0.405. The Kier molecular flexibility index (Phi) is 4.22. The Bertz CT molecular complexity index is 433. The van der Waals surface area contributed by atoms with Crippen LogP contribution in [0, 0.1) is 11.3 Å². The van der Waals surface area contributed by atoms with Crippen LogP contribution in [0.1, 0.15) is 6.92 Å². The van der Waals surface area contributed by atoms with Gasteiger partial charge in [0.1, 0.15) is 11.5 Å². The van der Waals surface area contributed by atoms with Crippen LogP contribution in [0.25, 0.3) is 0 Å². The Morgan fingerprint density at radius 2 is 2.12 bits per heavy atom. The number of nitrogens with one attached hydrogen (secondary N) is 1. The monoisotopic (exact) mass is 218 g/mol. The third-order valence-corrected chi connectivity index (χ3v) is 2.03. The third kappa shape index (κ3) is 2.92. The largest absolute Gasteiger partial charge is 0.497 e. The van der Waals surface area contributed by atoms with Gasteiger partial charge < -0.3 is 14.8 Å². The first kappa shape index (κ1) is 11.9. The van der Waals surface area contributed by atoms with Crippen LogP contribution >= 0.6 is 0 Å². The molecule has 0 aliphatic heterocycles. The highest BCUT2D eigenvalue weighted by atomic mass is 16.5. The molecule has 1 rings (SSSR count). The zero-order chi connectivity index (χ0) is 12.0. The van der Waals surface area contributed by atoms with Crippen LogP contribution in [0.15, 0.2) is 30.0 Å². The predicted molar refractivity (Wildman–Crippen MR) is 62.5 cm³/mol. The molecule has 4 heteroatoms. The molecule has 16 heavy (non-hydrogen) atoms. The molecule has 0 bridgehead atoms. The van der Waals surface area contributed by atoms with Gasteiger partial charge in [0, 0.05) is 17.8 Å². The Labute approximate surface area is 95.1 Å². The first-order chi connectivity index (χ1) is 7.71. The van der Waals surface area contributed by atoms with Crippen molar-refractivity contribution in [1.29, 1.82) is 5.26 Å². The first-order valence-corrected chi connectivity index (χ1v) is 4.76. The number of benzene rings is 1. The fourth-order valence-electron chi connectivity index (χ4n) is 1.15. The lowest BCUT2D eigenvalue weighted by atomic mass is 10.2. The highest BCUT2D eigenvalue weighted by Gasteiger charge is 2.03. The summed E-state index contributed by atoms with van der Waals surface area (Å²) in [6.45, 7) is 1.72. The van der Waals surface area contributed by atoms with E-state index in [4.69, 9.17) is 14.7 Å². The summed E-state index contributed by atoms with van der Waals surface area (Å²) in [7, 11) is 3.19. The normalized spacial score (nSPS) is 10.5. The molecule has 0 amide bonds. The van der Waals surface area contributed by atoms with Gasteiger partial charge in [0.2, 0.25) is 0 Å². The van der Waals surface area contributed by atoms with Crippen molar-refractivity contribution >= 4 is 5.69 Å². The van der Waals surface area contributed by atoms with Crippen LogP contribution in [0.4, 0.5) is 5.69 Å². The summed E-state index contributed by atoms with van der Waals surface area (Å²) in [5.41, 5.74) is 1.35. The summed E-state index contributed by atoms with van der Waals surface area (Å²) >= 11 is 0. The summed E-state index contributed by atoms with van der Waals surface area (Å²) in [6, 6.07) is 7.45. The lowest BCUT2D eigenvalue weighted by Crippen LogP contribution is -1.95. The fraction of sp³-hybridized carbons (Fsp3) is 0.250. The van der Waals surface area contributed by atoms with Crippen molar-refractivity contribution in [2.45, 2.75) is 6.92 Å². The minimum atomic E-state index is 0.588. The molecule has 4 nitrogen and oxygen atoms in total. The van der Waals surface area contributed by atoms with Crippen molar-refractivity contribution in [3.8, 4) is 17.6 Å². The number of allylic oxidation sites excluding steroid dienone is 1. The lowest BCUT2D eigenvalue weighted by Gasteiger charge is -2.10. The van der Waals surface area contributed by atoms with Crippen molar-refractivity contribution in [3.05, 3.63) is 30.0 Å². The molecule has 1 N–H and O–H groups in total.